The lowest BCUT2D eigenvalue weighted by molar-refractivity contribution is -0.157. The van der Waals surface area contributed by atoms with Gasteiger partial charge in [-0.25, -0.2) is 4.39 Å². The second-order valence-corrected chi connectivity index (χ2v) is 13.1. The number of nitrogens with zero attached hydrogens (tertiary/aromatic N) is 1. The van der Waals surface area contributed by atoms with Crippen LogP contribution in [0.15, 0.2) is 84.9 Å². The number of esters is 1. The summed E-state index contributed by atoms with van der Waals surface area (Å²) >= 11 is 0. The maximum absolute atomic E-state index is 14.2. The highest BCUT2D eigenvalue weighted by Crippen LogP contribution is 2.43. The Morgan fingerprint density at radius 3 is 2.07 bits per heavy atom. The largest absolute Gasteiger partial charge is 0.460 e. The summed E-state index contributed by atoms with van der Waals surface area (Å²) in [5, 5.41) is 13.8. The number of amides is 1. The highest BCUT2D eigenvalue weighted by Gasteiger charge is 2.31. The number of hydrogen-bond acceptors (Lipinski definition) is 4. The van der Waals surface area contributed by atoms with Crippen molar-refractivity contribution in [3.8, 4) is 22.4 Å². The molecule has 0 aliphatic heterocycles. The zero-order chi connectivity index (χ0) is 32.7. The number of aliphatic hydroxyl groups excluding tert-OH is 1. The monoisotopic (exact) mass is 612 g/mol. The molecule has 0 bridgehead atoms. The second-order valence-electron chi connectivity index (χ2n) is 13.1. The topological polar surface area (TPSA) is 80.6 Å². The zero-order valence-corrected chi connectivity index (χ0v) is 27.1. The summed E-state index contributed by atoms with van der Waals surface area (Å²) in [4.78, 5) is 26.5. The molecule has 0 fully saturated rings. The molecule has 0 unspecified atom stereocenters. The Labute approximate surface area is 266 Å². The van der Waals surface area contributed by atoms with Crippen molar-refractivity contribution in [1.82, 2.24) is 4.57 Å². The van der Waals surface area contributed by atoms with Crippen LogP contribution in [0.2, 0.25) is 0 Å². The van der Waals surface area contributed by atoms with E-state index in [4.69, 9.17) is 4.74 Å². The number of nitrogens with one attached hydrogen (secondary N) is 1. The average molecular weight is 613 g/mol. The molecule has 6 nitrogen and oxygen atoms in total. The van der Waals surface area contributed by atoms with Crippen molar-refractivity contribution in [2.45, 2.75) is 85.0 Å². The fourth-order valence-electron chi connectivity index (χ4n) is 5.80. The third kappa shape index (κ3) is 8.92. The molecule has 0 saturated heterocycles. The average Bonchev–Trinajstić information content (AvgIpc) is 3.32. The molecule has 4 rings (SSSR count). The lowest BCUT2D eigenvalue weighted by Gasteiger charge is -2.22. The molecule has 2 atom stereocenters. The lowest BCUT2D eigenvalue weighted by Crippen LogP contribution is -2.27. The first-order chi connectivity index (χ1) is 21.3. The van der Waals surface area contributed by atoms with Gasteiger partial charge in [0, 0.05) is 23.5 Å². The summed E-state index contributed by atoms with van der Waals surface area (Å²) < 4.78 is 21.7. The Morgan fingerprint density at radius 1 is 0.889 bits per heavy atom. The first-order valence-corrected chi connectivity index (χ1v) is 15.7. The molecule has 0 aliphatic rings. The Bertz CT molecular complexity index is 1570. The quantitative estimate of drug-likeness (QED) is 0.157. The Balaban J connectivity index is 1.78. The van der Waals surface area contributed by atoms with Crippen LogP contribution in [0, 0.1) is 11.7 Å². The molecular formula is C38H45FN2O4. The molecule has 0 radical (unpaired) electrons. The normalized spacial score (nSPS) is 13.0. The number of carbonyl (C=O) groups excluding carboxylic acids is 2. The number of ether oxygens (including phenoxy) is 1. The molecule has 1 amide bonds. The summed E-state index contributed by atoms with van der Waals surface area (Å²) in [7, 11) is 0. The minimum absolute atomic E-state index is 0.0220. The minimum Gasteiger partial charge on any atom is -0.460 e. The molecule has 0 aliphatic carbocycles. The van der Waals surface area contributed by atoms with Gasteiger partial charge in [0.25, 0.3) is 5.91 Å². The van der Waals surface area contributed by atoms with Crippen LogP contribution in [0.3, 0.4) is 0 Å². The summed E-state index contributed by atoms with van der Waals surface area (Å²) in [5.41, 5.74) is 4.86. The van der Waals surface area contributed by atoms with Crippen LogP contribution in [0.1, 0.15) is 82.8 Å². The van der Waals surface area contributed by atoms with Gasteiger partial charge in [0.1, 0.15) is 11.4 Å². The van der Waals surface area contributed by atoms with Gasteiger partial charge in [-0.3, -0.25) is 9.59 Å². The number of rotatable bonds is 12. The van der Waals surface area contributed by atoms with E-state index >= 15 is 0 Å². The molecule has 3 aromatic carbocycles. The number of hydrogen-bond donors (Lipinski definition) is 2. The van der Waals surface area contributed by atoms with Gasteiger partial charge >= 0.3 is 5.97 Å². The summed E-state index contributed by atoms with van der Waals surface area (Å²) in [6, 6.07) is 25.6. The van der Waals surface area contributed by atoms with Crippen molar-refractivity contribution < 1.29 is 23.8 Å². The van der Waals surface area contributed by atoms with E-state index in [9.17, 15) is 19.1 Å². The van der Waals surface area contributed by atoms with Crippen LogP contribution in [0.4, 0.5) is 10.1 Å². The second kappa shape index (κ2) is 14.7. The van der Waals surface area contributed by atoms with Crippen molar-refractivity contribution in [3.05, 3.63) is 102 Å². The van der Waals surface area contributed by atoms with E-state index in [0.29, 0.717) is 30.6 Å². The van der Waals surface area contributed by atoms with Crippen molar-refractivity contribution in [2.24, 2.45) is 5.92 Å². The van der Waals surface area contributed by atoms with E-state index in [0.717, 1.165) is 28.1 Å². The van der Waals surface area contributed by atoms with Crippen LogP contribution in [-0.2, 0) is 16.1 Å². The lowest BCUT2D eigenvalue weighted by atomic mass is 9.94. The molecule has 1 heterocycles. The van der Waals surface area contributed by atoms with Gasteiger partial charge in [0.15, 0.2) is 0 Å². The maximum atomic E-state index is 14.2. The van der Waals surface area contributed by atoms with Gasteiger partial charge in [0.05, 0.1) is 23.8 Å². The van der Waals surface area contributed by atoms with Gasteiger partial charge in [-0.2, -0.15) is 0 Å². The molecule has 4 aromatic rings. The molecule has 0 saturated carbocycles. The van der Waals surface area contributed by atoms with Crippen molar-refractivity contribution in [3.63, 3.8) is 0 Å². The van der Waals surface area contributed by atoms with E-state index < -0.39 is 17.7 Å². The van der Waals surface area contributed by atoms with Gasteiger partial charge in [0.2, 0.25) is 0 Å². The van der Waals surface area contributed by atoms with E-state index in [2.05, 4.69) is 30.7 Å². The number of halogens is 1. The number of para-hydroxylation sites is 1. The van der Waals surface area contributed by atoms with Crippen molar-refractivity contribution in [2.75, 3.05) is 5.32 Å². The smallest absolute Gasteiger partial charge is 0.308 e. The number of anilines is 1. The van der Waals surface area contributed by atoms with Gasteiger partial charge in [-0.1, -0.05) is 69.3 Å². The third-order valence-corrected chi connectivity index (χ3v) is 7.63. The molecule has 2 N–H and O–H groups in total. The van der Waals surface area contributed by atoms with E-state index in [1.165, 1.54) is 12.1 Å². The number of carbonyl (C=O) groups is 2. The SMILES string of the molecule is CC(C)c1c(C(=O)Nc2ccccc2)c(-c2ccccc2)c(-c2ccc(F)cc2)n1CC[C@@H](C)C[C@@H](O)CC(=O)OC(C)(C)C. The Morgan fingerprint density at radius 2 is 1.49 bits per heavy atom. The molecule has 1 aromatic heterocycles. The highest BCUT2D eigenvalue weighted by molar-refractivity contribution is 6.12. The molecule has 0 spiro atoms. The van der Waals surface area contributed by atoms with E-state index in [1.807, 2.05) is 60.7 Å². The first kappa shape index (κ1) is 33.7. The molecular weight excluding hydrogens is 567 g/mol. The van der Waals surface area contributed by atoms with Crippen LogP contribution in [0.5, 0.6) is 0 Å². The van der Waals surface area contributed by atoms with Gasteiger partial charge in [-0.15, -0.1) is 0 Å². The predicted molar refractivity (Wildman–Crippen MR) is 179 cm³/mol. The van der Waals surface area contributed by atoms with Gasteiger partial charge < -0.3 is 19.7 Å². The fourth-order valence-corrected chi connectivity index (χ4v) is 5.80. The number of aromatic nitrogens is 1. The van der Waals surface area contributed by atoms with Crippen molar-refractivity contribution in [1.29, 1.82) is 0 Å². The Kier molecular flexibility index (Phi) is 11.0. The molecule has 238 valence electrons. The van der Waals surface area contributed by atoms with Gasteiger partial charge in [-0.05, 0) is 93.0 Å². The number of benzene rings is 3. The van der Waals surface area contributed by atoms with E-state index in [1.54, 1.807) is 32.9 Å². The van der Waals surface area contributed by atoms with Crippen LogP contribution in [0.25, 0.3) is 22.4 Å². The predicted octanol–water partition coefficient (Wildman–Crippen LogP) is 8.85. The first-order valence-electron chi connectivity index (χ1n) is 15.7. The van der Waals surface area contributed by atoms with Crippen LogP contribution in [-0.4, -0.2) is 33.3 Å². The molecule has 45 heavy (non-hydrogen) atoms. The minimum atomic E-state index is -0.826. The standard InChI is InChI=1S/C38H45FN2O4/c1-25(2)35-34(37(44)40-30-15-11-8-12-16-30)33(27-13-9-7-10-14-27)36(28-17-19-29(39)20-18-28)41(35)22-21-26(3)23-31(42)24-32(43)45-38(4,5)6/h7-20,25-26,31,42H,21-24H2,1-6H3,(H,40,44)/t26-,31-/m1/s1. The molecule has 7 heteroatoms. The summed E-state index contributed by atoms with van der Waals surface area (Å²) in [6.45, 7) is 12.2. The summed E-state index contributed by atoms with van der Waals surface area (Å²) in [5.74, 6) is -0.933. The maximum Gasteiger partial charge on any atom is 0.308 e. The number of aliphatic hydroxyl groups is 1. The highest BCUT2D eigenvalue weighted by atomic mass is 19.1. The zero-order valence-electron chi connectivity index (χ0n) is 27.1. The summed E-state index contributed by atoms with van der Waals surface area (Å²) in [6.07, 6.45) is 0.219. The fraction of sp³-hybridized carbons (Fsp3) is 0.368. The van der Waals surface area contributed by atoms with Crippen LogP contribution < -0.4 is 5.32 Å². The Hall–Kier alpha value is -4.23. The van der Waals surface area contributed by atoms with Crippen molar-refractivity contribution >= 4 is 17.6 Å². The third-order valence-electron chi connectivity index (χ3n) is 7.63. The van der Waals surface area contributed by atoms with E-state index in [-0.39, 0.29) is 30.0 Å². The van der Waals surface area contributed by atoms with Crippen LogP contribution >= 0.6 is 0 Å².